The highest BCUT2D eigenvalue weighted by molar-refractivity contribution is 8.04. The summed E-state index contributed by atoms with van der Waals surface area (Å²) in [5.74, 6) is -2.04. The first kappa shape index (κ1) is 24.9. The largest absolute Gasteiger partial charge is 0.395 e. The highest BCUT2D eigenvalue weighted by Gasteiger charge is 2.43. The van der Waals surface area contributed by atoms with Crippen LogP contribution in [0, 0.1) is 6.92 Å². The van der Waals surface area contributed by atoms with E-state index in [4.69, 9.17) is 0 Å². The van der Waals surface area contributed by atoms with Gasteiger partial charge in [0.05, 0.1) is 15.7 Å². The molecule has 3 aromatic carbocycles. The van der Waals surface area contributed by atoms with Crippen molar-refractivity contribution in [3.05, 3.63) is 96.1 Å². The van der Waals surface area contributed by atoms with E-state index in [9.17, 15) is 30.0 Å². The zero-order valence-corrected chi connectivity index (χ0v) is 19.2. The fraction of sp³-hybridized carbons (Fsp3) is 0.217. The van der Waals surface area contributed by atoms with Gasteiger partial charge in [-0.1, -0.05) is 69.9 Å². The Bertz CT molecular complexity index is 1220. The van der Waals surface area contributed by atoms with Crippen molar-refractivity contribution in [2.24, 2.45) is 0 Å². The molecule has 176 valence electrons. The minimum absolute atomic E-state index is 0.0586. The van der Waals surface area contributed by atoms with Crippen LogP contribution in [0.15, 0.2) is 94.7 Å². The molecule has 1 unspecified atom stereocenters. The van der Waals surface area contributed by atoms with Crippen LogP contribution in [0.25, 0.3) is 0 Å². The lowest BCUT2D eigenvalue weighted by Crippen LogP contribution is -2.39. The number of aryl methyl sites for hydroxylation is 1. The number of hydrogen-bond acceptors (Lipinski definition) is 4. The second-order valence-corrected chi connectivity index (χ2v) is 11.4. The third-order valence-corrected chi connectivity index (χ3v) is 9.41. The predicted molar refractivity (Wildman–Crippen MR) is 119 cm³/mol. The summed E-state index contributed by atoms with van der Waals surface area (Å²) in [7, 11) is -9.32. The van der Waals surface area contributed by atoms with E-state index >= 15 is 0 Å². The Kier molecular flexibility index (Phi) is 7.30. The van der Waals surface area contributed by atoms with Gasteiger partial charge in [0.1, 0.15) is 0 Å². The van der Waals surface area contributed by atoms with Gasteiger partial charge in [-0.2, -0.15) is 13.2 Å². The van der Waals surface area contributed by atoms with E-state index < -0.39 is 45.1 Å². The van der Waals surface area contributed by atoms with Gasteiger partial charge in [-0.05, 0) is 43.2 Å². The van der Waals surface area contributed by atoms with Crippen molar-refractivity contribution >= 4 is 20.0 Å². The second kappa shape index (κ2) is 9.66. The predicted octanol–water partition coefficient (Wildman–Crippen LogP) is 5.11. The number of hydrogen-bond donors (Lipinski definition) is 0. The van der Waals surface area contributed by atoms with Gasteiger partial charge in [0.2, 0.25) is 0 Å². The molecule has 3 rings (SSSR count). The molecule has 0 saturated carbocycles. The van der Waals surface area contributed by atoms with Crippen LogP contribution >= 0.6 is 0 Å². The molecule has 3 aromatic rings. The molecule has 5 nitrogen and oxygen atoms in total. The Balaban J connectivity index is 2.06. The maximum Gasteiger partial charge on any atom is 0.395 e. The average molecular weight is 498 g/mol. The third kappa shape index (κ3) is 5.63. The zero-order chi connectivity index (χ0) is 24.3. The molecule has 0 fully saturated rings. The van der Waals surface area contributed by atoms with E-state index in [0.29, 0.717) is 5.56 Å². The van der Waals surface area contributed by atoms with Gasteiger partial charge in [0.25, 0.3) is 20.0 Å². The molecule has 0 bridgehead atoms. The lowest BCUT2D eigenvalue weighted by atomic mass is 9.94. The van der Waals surface area contributed by atoms with Crippen LogP contribution in [-0.2, 0) is 20.0 Å². The Labute approximate surface area is 191 Å². The molecule has 0 spiro atoms. The van der Waals surface area contributed by atoms with E-state index in [0.717, 1.165) is 0 Å². The molecule has 0 N–H and O–H groups in total. The van der Waals surface area contributed by atoms with Crippen molar-refractivity contribution in [1.82, 2.24) is 3.71 Å². The first-order chi connectivity index (χ1) is 15.4. The fourth-order valence-electron chi connectivity index (χ4n) is 3.43. The molecule has 0 aliphatic carbocycles. The molecule has 0 aliphatic rings. The van der Waals surface area contributed by atoms with Gasteiger partial charge in [-0.25, -0.2) is 16.8 Å². The number of rotatable bonds is 8. The van der Waals surface area contributed by atoms with Crippen LogP contribution in [0.4, 0.5) is 13.2 Å². The zero-order valence-electron chi connectivity index (χ0n) is 17.6. The van der Waals surface area contributed by atoms with Crippen LogP contribution < -0.4 is 0 Å². The molecule has 33 heavy (non-hydrogen) atoms. The lowest BCUT2D eigenvalue weighted by molar-refractivity contribution is -0.152. The monoisotopic (exact) mass is 497 g/mol. The molecule has 0 aromatic heterocycles. The van der Waals surface area contributed by atoms with E-state index in [1.807, 2.05) is 0 Å². The molecule has 10 heteroatoms. The Hall–Kier alpha value is -2.69. The Morgan fingerprint density at radius 1 is 0.758 bits per heavy atom. The smallest absolute Gasteiger partial charge is 0.206 e. The molecule has 0 heterocycles. The van der Waals surface area contributed by atoms with E-state index in [1.54, 1.807) is 25.1 Å². The summed E-state index contributed by atoms with van der Waals surface area (Å²) in [6, 6.07) is 19.3. The first-order valence-electron chi connectivity index (χ1n) is 9.95. The summed E-state index contributed by atoms with van der Waals surface area (Å²) in [4.78, 5) is -0.660. The van der Waals surface area contributed by atoms with E-state index in [2.05, 4.69) is 0 Å². The molecular weight excluding hydrogens is 475 g/mol. The highest BCUT2D eigenvalue weighted by Crippen LogP contribution is 2.39. The van der Waals surface area contributed by atoms with Gasteiger partial charge in [-0.3, -0.25) is 0 Å². The van der Waals surface area contributed by atoms with Gasteiger partial charge >= 0.3 is 6.18 Å². The van der Waals surface area contributed by atoms with Crippen molar-refractivity contribution in [2.45, 2.75) is 35.2 Å². The fourth-order valence-corrected chi connectivity index (χ4v) is 7.14. The molecule has 0 aliphatic heterocycles. The maximum absolute atomic E-state index is 13.9. The summed E-state index contributed by atoms with van der Waals surface area (Å²) >= 11 is 0. The van der Waals surface area contributed by atoms with Gasteiger partial charge < -0.3 is 0 Å². The van der Waals surface area contributed by atoms with Crippen molar-refractivity contribution in [3.8, 4) is 0 Å². The molecule has 0 saturated heterocycles. The number of benzene rings is 3. The molecule has 0 radical (unpaired) electrons. The summed E-state index contributed by atoms with van der Waals surface area (Å²) in [6.07, 6.45) is -5.47. The SMILES string of the molecule is Cc1cccc(C(CCN(S(=O)(=O)c2ccccc2)S(=O)(=O)c2ccccc2)C(F)(F)F)c1. The number of sulfonamides is 2. The Morgan fingerprint density at radius 2 is 1.24 bits per heavy atom. The van der Waals surface area contributed by atoms with Crippen LogP contribution in [-0.4, -0.2) is 33.3 Å². The van der Waals surface area contributed by atoms with E-state index in [-0.39, 0.29) is 19.1 Å². The summed E-state index contributed by atoms with van der Waals surface area (Å²) < 4.78 is 95.0. The minimum Gasteiger partial charge on any atom is -0.206 e. The van der Waals surface area contributed by atoms with Crippen LogP contribution in [0.5, 0.6) is 0 Å². The maximum atomic E-state index is 13.9. The highest BCUT2D eigenvalue weighted by atomic mass is 32.3. The van der Waals surface area contributed by atoms with Crippen LogP contribution in [0.3, 0.4) is 0 Å². The molecular formula is C23H22F3NO4S2. The van der Waals surface area contributed by atoms with Crippen molar-refractivity contribution in [1.29, 1.82) is 0 Å². The molecule has 1 atom stereocenters. The first-order valence-corrected chi connectivity index (χ1v) is 12.8. The summed E-state index contributed by atoms with van der Waals surface area (Å²) in [5.41, 5.74) is 0.545. The number of nitrogens with zero attached hydrogens (tertiary/aromatic N) is 1. The Morgan fingerprint density at radius 3 is 1.67 bits per heavy atom. The van der Waals surface area contributed by atoms with E-state index in [1.165, 1.54) is 66.7 Å². The van der Waals surface area contributed by atoms with Gasteiger partial charge in [-0.15, -0.1) is 0 Å². The standard InChI is InChI=1S/C23H22F3NO4S2/c1-18-9-8-10-19(17-18)22(23(24,25)26)15-16-27(32(28,29)20-11-4-2-5-12-20)33(30,31)21-13-6-3-7-14-21/h2-14,17,22H,15-16H2,1H3. The second-order valence-electron chi connectivity index (χ2n) is 7.43. The quantitative estimate of drug-likeness (QED) is 0.434. The average Bonchev–Trinajstić information content (AvgIpc) is 2.76. The van der Waals surface area contributed by atoms with Gasteiger partial charge in [0, 0.05) is 6.54 Å². The summed E-state index contributed by atoms with van der Waals surface area (Å²) in [6.45, 7) is 0.759. The van der Waals surface area contributed by atoms with Crippen molar-refractivity contribution < 1.29 is 30.0 Å². The van der Waals surface area contributed by atoms with Crippen LogP contribution in [0.1, 0.15) is 23.5 Å². The number of halogens is 3. The summed E-state index contributed by atoms with van der Waals surface area (Å²) in [5, 5.41) is 0. The lowest BCUT2D eigenvalue weighted by Gasteiger charge is -2.26. The van der Waals surface area contributed by atoms with Crippen molar-refractivity contribution in [3.63, 3.8) is 0 Å². The molecule has 0 amide bonds. The number of alkyl halides is 3. The van der Waals surface area contributed by atoms with Gasteiger partial charge in [0.15, 0.2) is 0 Å². The topological polar surface area (TPSA) is 71.5 Å². The third-order valence-electron chi connectivity index (χ3n) is 5.06. The normalized spacial score (nSPS) is 13.7. The van der Waals surface area contributed by atoms with Crippen molar-refractivity contribution in [2.75, 3.05) is 6.54 Å². The minimum atomic E-state index is -4.70. The van der Waals surface area contributed by atoms with Crippen LogP contribution in [0.2, 0.25) is 0 Å².